The summed E-state index contributed by atoms with van der Waals surface area (Å²) in [7, 11) is 0. The molecule has 1 fully saturated rings. The Morgan fingerprint density at radius 3 is 2.57 bits per heavy atom. The fourth-order valence-corrected chi connectivity index (χ4v) is 4.06. The Balaban J connectivity index is 1.74. The number of carbonyl (C=O) groups is 1. The smallest absolute Gasteiger partial charge is 0.254 e. The van der Waals surface area contributed by atoms with E-state index in [9.17, 15) is 9.90 Å². The molecule has 3 rings (SSSR count). The van der Waals surface area contributed by atoms with E-state index in [4.69, 9.17) is 0 Å². The molecule has 0 spiro atoms. The summed E-state index contributed by atoms with van der Waals surface area (Å²) < 4.78 is 0. The predicted octanol–water partition coefficient (Wildman–Crippen LogP) is 5.10. The van der Waals surface area contributed by atoms with Gasteiger partial charge in [-0.05, 0) is 61.9 Å². The second-order valence-corrected chi connectivity index (χ2v) is 8.06. The molecule has 0 aliphatic carbocycles. The highest BCUT2D eigenvalue weighted by atomic mass is 16.3. The lowest BCUT2D eigenvalue weighted by Crippen LogP contribution is -2.47. The number of benzene rings is 1. The third kappa shape index (κ3) is 5.14. The van der Waals surface area contributed by atoms with Gasteiger partial charge in [0.15, 0.2) is 0 Å². The molecule has 156 valence electrons. The Labute approximate surface area is 179 Å². The number of allylic oxidation sites excluding steroid dienone is 4. The van der Waals surface area contributed by atoms with Crippen LogP contribution in [0.5, 0.6) is 0 Å². The largest absolute Gasteiger partial charge is 0.389 e. The zero-order valence-corrected chi connectivity index (χ0v) is 17.8. The second-order valence-electron chi connectivity index (χ2n) is 8.06. The van der Waals surface area contributed by atoms with E-state index in [2.05, 4.69) is 11.6 Å². The first kappa shape index (κ1) is 21.7. The second kappa shape index (κ2) is 9.68. The minimum Gasteiger partial charge on any atom is -0.389 e. The molecule has 4 heteroatoms. The van der Waals surface area contributed by atoms with Crippen molar-refractivity contribution in [3.8, 4) is 11.1 Å². The molecule has 1 aliphatic rings. The highest BCUT2D eigenvalue weighted by Crippen LogP contribution is 2.32. The molecule has 2 heterocycles. The number of hydrogen-bond donors (Lipinski definition) is 1. The summed E-state index contributed by atoms with van der Waals surface area (Å²) in [5.74, 6) is 0.0307. The third-order valence-electron chi connectivity index (χ3n) is 5.70. The van der Waals surface area contributed by atoms with Gasteiger partial charge >= 0.3 is 0 Å². The van der Waals surface area contributed by atoms with Crippen molar-refractivity contribution in [1.82, 2.24) is 9.88 Å². The van der Waals surface area contributed by atoms with E-state index in [1.54, 1.807) is 18.5 Å². The van der Waals surface area contributed by atoms with Gasteiger partial charge in [0.25, 0.3) is 5.91 Å². The number of hydrogen-bond acceptors (Lipinski definition) is 3. The van der Waals surface area contributed by atoms with Crippen molar-refractivity contribution in [2.75, 3.05) is 13.1 Å². The Morgan fingerprint density at radius 2 is 1.90 bits per heavy atom. The Morgan fingerprint density at radius 1 is 1.20 bits per heavy atom. The average molecular weight is 403 g/mol. The van der Waals surface area contributed by atoms with Gasteiger partial charge in [0.05, 0.1) is 11.2 Å². The number of piperidine rings is 1. The molecule has 1 N–H and O–H groups in total. The number of pyridine rings is 1. The number of nitrogens with zero attached hydrogens (tertiary/aromatic N) is 2. The average Bonchev–Trinajstić information content (AvgIpc) is 2.74. The van der Waals surface area contributed by atoms with Crippen molar-refractivity contribution in [2.45, 2.75) is 38.7 Å². The van der Waals surface area contributed by atoms with Gasteiger partial charge in [-0.2, -0.15) is 0 Å². The Hall–Kier alpha value is -2.98. The molecule has 1 aromatic heterocycles. The van der Waals surface area contributed by atoms with Crippen molar-refractivity contribution in [2.24, 2.45) is 0 Å². The number of rotatable bonds is 6. The highest BCUT2D eigenvalue weighted by Gasteiger charge is 2.35. The lowest BCUT2D eigenvalue weighted by molar-refractivity contribution is -0.0161. The van der Waals surface area contributed by atoms with Crippen LogP contribution < -0.4 is 0 Å². The first-order valence-electron chi connectivity index (χ1n) is 10.4. The van der Waals surface area contributed by atoms with E-state index in [0.29, 0.717) is 32.4 Å². The zero-order chi connectivity index (χ0) is 21.6. The van der Waals surface area contributed by atoms with E-state index in [1.165, 1.54) is 0 Å². The fraction of sp³-hybridized carbons (Fsp3) is 0.308. The van der Waals surface area contributed by atoms with E-state index < -0.39 is 5.60 Å². The summed E-state index contributed by atoms with van der Waals surface area (Å²) in [5.41, 5.74) is 3.96. The van der Waals surface area contributed by atoms with Crippen LogP contribution >= 0.6 is 0 Å². The van der Waals surface area contributed by atoms with Crippen LogP contribution in [0.2, 0.25) is 0 Å². The first-order chi connectivity index (χ1) is 14.4. The Kier molecular flexibility index (Phi) is 7.01. The summed E-state index contributed by atoms with van der Waals surface area (Å²) in [5, 5.41) is 11.0. The van der Waals surface area contributed by atoms with Gasteiger partial charge in [-0.3, -0.25) is 9.78 Å². The van der Waals surface area contributed by atoms with Crippen molar-refractivity contribution < 1.29 is 9.90 Å². The van der Waals surface area contributed by atoms with Crippen LogP contribution in [0.3, 0.4) is 0 Å². The normalized spacial score (nSPS) is 16.6. The minimum atomic E-state index is -0.765. The third-order valence-corrected chi connectivity index (χ3v) is 5.70. The molecule has 0 saturated carbocycles. The van der Waals surface area contributed by atoms with Crippen LogP contribution in [0.4, 0.5) is 0 Å². The molecule has 1 aliphatic heterocycles. The molecule has 0 bridgehead atoms. The molecular formula is C26H30N2O2. The van der Waals surface area contributed by atoms with Crippen LogP contribution in [0.1, 0.15) is 42.1 Å². The van der Waals surface area contributed by atoms with Crippen molar-refractivity contribution >= 4 is 5.91 Å². The summed E-state index contributed by atoms with van der Waals surface area (Å²) in [6.07, 6.45) is 12.8. The summed E-state index contributed by atoms with van der Waals surface area (Å²) in [4.78, 5) is 19.4. The van der Waals surface area contributed by atoms with Crippen LogP contribution in [0.15, 0.2) is 79.2 Å². The molecule has 1 amide bonds. The van der Waals surface area contributed by atoms with Crippen LogP contribution in [-0.2, 0) is 0 Å². The van der Waals surface area contributed by atoms with Crippen LogP contribution in [0, 0.1) is 6.92 Å². The maximum Gasteiger partial charge on any atom is 0.254 e. The summed E-state index contributed by atoms with van der Waals surface area (Å²) >= 11 is 0. The van der Waals surface area contributed by atoms with E-state index in [1.807, 2.05) is 67.3 Å². The summed E-state index contributed by atoms with van der Waals surface area (Å²) in [6, 6.07) is 9.80. The van der Waals surface area contributed by atoms with Gasteiger partial charge in [-0.1, -0.05) is 54.7 Å². The minimum absolute atomic E-state index is 0.0307. The number of carbonyl (C=O) groups excluding carboxylic acids is 1. The number of aromatic nitrogens is 1. The zero-order valence-electron chi connectivity index (χ0n) is 17.8. The quantitative estimate of drug-likeness (QED) is 0.684. The van der Waals surface area contributed by atoms with E-state index in [-0.39, 0.29) is 5.91 Å². The van der Waals surface area contributed by atoms with Gasteiger partial charge in [0.2, 0.25) is 0 Å². The molecule has 1 saturated heterocycles. The Bertz CT molecular complexity index is 952. The molecule has 0 atom stereocenters. The number of likely N-dealkylation sites (tertiary alicyclic amines) is 1. The van der Waals surface area contributed by atoms with Gasteiger partial charge in [0, 0.05) is 25.5 Å². The van der Waals surface area contributed by atoms with Gasteiger partial charge in [0.1, 0.15) is 0 Å². The van der Waals surface area contributed by atoms with Crippen molar-refractivity contribution in [1.29, 1.82) is 0 Å². The monoisotopic (exact) mass is 402 g/mol. The molecule has 0 unspecified atom stereocenters. The molecular weight excluding hydrogens is 372 g/mol. The first-order valence-corrected chi connectivity index (χ1v) is 10.4. The molecule has 2 aromatic rings. The van der Waals surface area contributed by atoms with Crippen molar-refractivity contribution in [3.63, 3.8) is 0 Å². The van der Waals surface area contributed by atoms with Crippen LogP contribution in [0.25, 0.3) is 11.1 Å². The van der Waals surface area contributed by atoms with Gasteiger partial charge < -0.3 is 10.0 Å². The number of aryl methyl sites for hydroxylation is 1. The standard InChI is InChI=1S/C26H30N2O2/c1-4-5-6-8-20(2)19-26(30)13-17-28(18-14-26)25(29)24-21(3)9-7-10-23(24)22-11-15-27-16-12-22/h4-12,15-16,30H,1,13-14,17-19H2,2-3H3/b6-5-,20-8+. The topological polar surface area (TPSA) is 53.4 Å². The molecule has 30 heavy (non-hydrogen) atoms. The molecule has 4 nitrogen and oxygen atoms in total. The maximum atomic E-state index is 13.4. The van der Waals surface area contributed by atoms with E-state index >= 15 is 0 Å². The van der Waals surface area contributed by atoms with Gasteiger partial charge in [-0.15, -0.1) is 0 Å². The maximum absolute atomic E-state index is 13.4. The van der Waals surface area contributed by atoms with Gasteiger partial charge in [-0.25, -0.2) is 0 Å². The van der Waals surface area contributed by atoms with Crippen molar-refractivity contribution in [3.05, 3.63) is 90.3 Å². The van der Waals surface area contributed by atoms with Crippen LogP contribution in [-0.4, -0.2) is 39.6 Å². The molecule has 1 aromatic carbocycles. The number of amides is 1. The summed E-state index contributed by atoms with van der Waals surface area (Å²) in [6.45, 7) is 8.76. The fourth-order valence-electron chi connectivity index (χ4n) is 4.06. The lowest BCUT2D eigenvalue weighted by atomic mass is 9.85. The lowest BCUT2D eigenvalue weighted by Gasteiger charge is -2.39. The van der Waals surface area contributed by atoms with E-state index in [0.717, 1.165) is 27.8 Å². The SMILES string of the molecule is C=C/C=C\C=C(/C)CC1(O)CCN(C(=O)c2c(C)cccc2-c2ccncc2)CC1. The molecule has 0 radical (unpaired) electrons. The highest BCUT2D eigenvalue weighted by molar-refractivity contribution is 6.02. The number of aliphatic hydroxyl groups is 1. The predicted molar refractivity (Wildman–Crippen MR) is 122 cm³/mol.